The van der Waals surface area contributed by atoms with Crippen molar-refractivity contribution in [2.75, 3.05) is 19.8 Å². The van der Waals surface area contributed by atoms with Crippen molar-refractivity contribution in [1.29, 1.82) is 0 Å². The molecule has 2 atom stereocenters. The summed E-state index contributed by atoms with van der Waals surface area (Å²) in [7, 11) is 0. The molecule has 0 aliphatic carbocycles. The summed E-state index contributed by atoms with van der Waals surface area (Å²) in [6.07, 6.45) is 1.11. The van der Waals surface area contributed by atoms with E-state index in [1.165, 1.54) is 5.56 Å². The number of fused-ring (bicyclic) bond motifs is 1. The Morgan fingerprint density at radius 1 is 1.48 bits per heavy atom. The first-order valence-corrected chi connectivity index (χ1v) is 7.79. The molecule has 0 saturated carbocycles. The summed E-state index contributed by atoms with van der Waals surface area (Å²) in [5.41, 5.74) is 0.358. The highest BCUT2D eigenvalue weighted by Crippen LogP contribution is 2.35. The first-order chi connectivity index (χ1) is 9.94. The molecule has 0 radical (unpaired) electrons. The fourth-order valence-electron chi connectivity index (χ4n) is 2.16. The van der Waals surface area contributed by atoms with Crippen LogP contribution in [-0.4, -0.2) is 30.5 Å². The normalized spacial score (nSPS) is 20.0. The van der Waals surface area contributed by atoms with Crippen molar-refractivity contribution in [2.45, 2.75) is 45.8 Å². The van der Waals surface area contributed by atoms with E-state index in [0.717, 1.165) is 24.5 Å². The number of nitrogens with one attached hydrogen (secondary N) is 1. The van der Waals surface area contributed by atoms with Crippen LogP contribution in [-0.2, 0) is 0 Å². The van der Waals surface area contributed by atoms with E-state index in [9.17, 15) is 5.11 Å². The van der Waals surface area contributed by atoms with Crippen molar-refractivity contribution in [3.63, 3.8) is 0 Å². The highest BCUT2D eigenvalue weighted by Gasteiger charge is 2.27. The Balaban J connectivity index is 1.99. The van der Waals surface area contributed by atoms with Crippen molar-refractivity contribution < 1.29 is 14.6 Å². The Labute approximate surface area is 127 Å². The lowest BCUT2D eigenvalue weighted by Gasteiger charge is -2.27. The topological polar surface area (TPSA) is 50.7 Å². The number of rotatable bonds is 7. The van der Waals surface area contributed by atoms with Crippen LogP contribution in [0.4, 0.5) is 0 Å². The zero-order valence-corrected chi connectivity index (χ0v) is 13.5. The van der Waals surface area contributed by atoms with Gasteiger partial charge in [0.1, 0.15) is 24.7 Å². The second-order valence-electron chi connectivity index (χ2n) is 6.32. The first kappa shape index (κ1) is 16.1. The zero-order chi connectivity index (χ0) is 15.5. The van der Waals surface area contributed by atoms with Crippen molar-refractivity contribution in [2.24, 2.45) is 5.92 Å². The Bertz CT molecular complexity index is 471. The van der Waals surface area contributed by atoms with E-state index < -0.39 is 5.60 Å². The lowest BCUT2D eigenvalue weighted by Crippen LogP contribution is -2.37. The van der Waals surface area contributed by atoms with Gasteiger partial charge in [0.2, 0.25) is 0 Å². The number of benzene rings is 1. The SMILES string of the molecule is CCCNC1COc2cc(OCC(C)(O)C(C)C)ccc21. The molecule has 1 aliphatic heterocycles. The Morgan fingerprint density at radius 2 is 2.24 bits per heavy atom. The van der Waals surface area contributed by atoms with Crippen molar-refractivity contribution >= 4 is 0 Å². The average Bonchev–Trinajstić information content (AvgIpc) is 2.85. The summed E-state index contributed by atoms with van der Waals surface area (Å²) >= 11 is 0. The second-order valence-corrected chi connectivity index (χ2v) is 6.32. The number of hydrogen-bond donors (Lipinski definition) is 2. The molecule has 4 heteroatoms. The summed E-state index contributed by atoms with van der Waals surface area (Å²) in [5.74, 6) is 1.77. The van der Waals surface area contributed by atoms with Crippen LogP contribution in [0.15, 0.2) is 18.2 Å². The van der Waals surface area contributed by atoms with Crippen LogP contribution >= 0.6 is 0 Å². The van der Waals surface area contributed by atoms with E-state index in [1.807, 2.05) is 26.0 Å². The molecule has 0 aromatic heterocycles. The highest BCUT2D eigenvalue weighted by molar-refractivity contribution is 5.45. The molecule has 0 saturated heterocycles. The van der Waals surface area contributed by atoms with E-state index in [1.54, 1.807) is 6.92 Å². The van der Waals surface area contributed by atoms with Gasteiger partial charge in [0.25, 0.3) is 0 Å². The molecule has 4 nitrogen and oxygen atoms in total. The van der Waals surface area contributed by atoms with Gasteiger partial charge in [-0.25, -0.2) is 0 Å². The van der Waals surface area contributed by atoms with Crippen molar-refractivity contribution in [1.82, 2.24) is 5.32 Å². The molecule has 0 fully saturated rings. The third-order valence-corrected chi connectivity index (χ3v) is 4.18. The molecule has 0 bridgehead atoms. The maximum absolute atomic E-state index is 10.2. The Kier molecular flexibility index (Phi) is 5.12. The molecule has 1 aliphatic rings. The third kappa shape index (κ3) is 3.89. The Hall–Kier alpha value is -1.26. The monoisotopic (exact) mass is 293 g/mol. The van der Waals surface area contributed by atoms with Gasteiger partial charge >= 0.3 is 0 Å². The molecular formula is C17H27NO3. The number of hydrogen-bond acceptors (Lipinski definition) is 4. The smallest absolute Gasteiger partial charge is 0.127 e. The minimum Gasteiger partial charge on any atom is -0.491 e. The molecule has 118 valence electrons. The summed E-state index contributed by atoms with van der Waals surface area (Å²) in [4.78, 5) is 0. The summed E-state index contributed by atoms with van der Waals surface area (Å²) in [6, 6.07) is 6.19. The van der Waals surface area contributed by atoms with E-state index >= 15 is 0 Å². The minimum atomic E-state index is -0.828. The van der Waals surface area contributed by atoms with Crippen LogP contribution in [0.25, 0.3) is 0 Å². The van der Waals surface area contributed by atoms with Crippen LogP contribution in [0.5, 0.6) is 11.5 Å². The van der Waals surface area contributed by atoms with Gasteiger partial charge < -0.3 is 19.9 Å². The fourth-order valence-corrected chi connectivity index (χ4v) is 2.16. The predicted molar refractivity (Wildman–Crippen MR) is 83.9 cm³/mol. The van der Waals surface area contributed by atoms with E-state index in [0.29, 0.717) is 6.61 Å². The quantitative estimate of drug-likeness (QED) is 0.811. The summed E-state index contributed by atoms with van der Waals surface area (Å²) in [5, 5.41) is 13.7. The molecule has 0 spiro atoms. The molecular weight excluding hydrogens is 266 g/mol. The van der Waals surface area contributed by atoms with E-state index in [-0.39, 0.29) is 18.6 Å². The van der Waals surface area contributed by atoms with Gasteiger partial charge in [-0.1, -0.05) is 20.8 Å². The maximum Gasteiger partial charge on any atom is 0.127 e. The van der Waals surface area contributed by atoms with Gasteiger partial charge in [0.15, 0.2) is 0 Å². The fraction of sp³-hybridized carbons (Fsp3) is 0.647. The molecule has 21 heavy (non-hydrogen) atoms. The first-order valence-electron chi connectivity index (χ1n) is 7.79. The largest absolute Gasteiger partial charge is 0.491 e. The lowest BCUT2D eigenvalue weighted by molar-refractivity contribution is -0.0266. The van der Waals surface area contributed by atoms with Gasteiger partial charge in [-0.3, -0.25) is 0 Å². The van der Waals surface area contributed by atoms with Crippen molar-refractivity contribution in [3.8, 4) is 11.5 Å². The van der Waals surface area contributed by atoms with E-state index in [2.05, 4.69) is 18.3 Å². The van der Waals surface area contributed by atoms with Crippen LogP contribution < -0.4 is 14.8 Å². The van der Waals surface area contributed by atoms with Gasteiger partial charge in [0, 0.05) is 11.6 Å². The highest BCUT2D eigenvalue weighted by atomic mass is 16.5. The standard InChI is InChI=1S/C17H27NO3/c1-5-8-18-15-10-20-16-9-13(6-7-14(15)16)21-11-17(4,19)12(2)3/h6-7,9,12,15,18-19H,5,8,10-11H2,1-4H3. The summed E-state index contributed by atoms with van der Waals surface area (Å²) < 4.78 is 11.4. The maximum atomic E-state index is 10.2. The second kappa shape index (κ2) is 6.67. The molecule has 2 N–H and O–H groups in total. The number of ether oxygens (including phenoxy) is 2. The molecule has 2 unspecified atom stereocenters. The molecule has 0 amide bonds. The predicted octanol–water partition coefficient (Wildman–Crippen LogP) is 2.91. The lowest BCUT2D eigenvalue weighted by atomic mass is 9.94. The molecule has 2 rings (SSSR count). The molecule has 1 heterocycles. The van der Waals surface area contributed by atoms with Gasteiger partial charge in [-0.2, -0.15) is 0 Å². The Morgan fingerprint density at radius 3 is 2.90 bits per heavy atom. The van der Waals surface area contributed by atoms with Crippen molar-refractivity contribution in [3.05, 3.63) is 23.8 Å². The van der Waals surface area contributed by atoms with Gasteiger partial charge in [-0.05, 0) is 37.9 Å². The van der Waals surface area contributed by atoms with Crippen LogP contribution in [0, 0.1) is 5.92 Å². The zero-order valence-electron chi connectivity index (χ0n) is 13.5. The summed E-state index contributed by atoms with van der Waals surface area (Å²) in [6.45, 7) is 9.86. The van der Waals surface area contributed by atoms with Gasteiger partial charge in [0.05, 0.1) is 11.6 Å². The number of aliphatic hydroxyl groups is 1. The minimum absolute atomic E-state index is 0.144. The van der Waals surface area contributed by atoms with Crippen LogP contribution in [0.3, 0.4) is 0 Å². The third-order valence-electron chi connectivity index (χ3n) is 4.18. The van der Waals surface area contributed by atoms with Gasteiger partial charge in [-0.15, -0.1) is 0 Å². The average molecular weight is 293 g/mol. The van der Waals surface area contributed by atoms with E-state index in [4.69, 9.17) is 9.47 Å². The van der Waals surface area contributed by atoms with Crippen LogP contribution in [0.1, 0.15) is 45.7 Å². The van der Waals surface area contributed by atoms with Crippen LogP contribution in [0.2, 0.25) is 0 Å². The molecule has 1 aromatic carbocycles. The molecule has 1 aromatic rings.